The molecule has 0 aliphatic rings. The van der Waals surface area contributed by atoms with Gasteiger partial charge in [0.05, 0.1) is 11.0 Å². The minimum Gasteiger partial charge on any atom is -0.465 e. The van der Waals surface area contributed by atoms with Gasteiger partial charge >= 0.3 is 0 Å². The fraction of sp³-hybridized carbons (Fsp3) is 0.462. The van der Waals surface area contributed by atoms with E-state index < -0.39 is 0 Å². The first-order chi connectivity index (χ1) is 8.29. The Morgan fingerprint density at radius 3 is 2.94 bits per heavy atom. The summed E-state index contributed by atoms with van der Waals surface area (Å²) in [5.74, 6) is 1.97. The lowest BCUT2D eigenvalue weighted by molar-refractivity contribution is 0.398. The largest absolute Gasteiger partial charge is 0.465 e. The molecule has 1 unspecified atom stereocenters. The van der Waals surface area contributed by atoms with Crippen molar-refractivity contribution < 1.29 is 4.42 Å². The standard InChI is InChI=1S/C13H18N2OS/c1-3-6-14-11(9-13-15-7-8-17-13)12-5-4-10(2)16-12/h4-5,7-8,11,14H,3,6,9H2,1-2H3. The molecule has 0 aliphatic carbocycles. The minimum absolute atomic E-state index is 0.231. The van der Waals surface area contributed by atoms with Crippen molar-refractivity contribution in [3.63, 3.8) is 0 Å². The molecule has 0 aromatic carbocycles. The van der Waals surface area contributed by atoms with Crippen LogP contribution in [-0.4, -0.2) is 11.5 Å². The van der Waals surface area contributed by atoms with Crippen LogP contribution >= 0.6 is 11.3 Å². The summed E-state index contributed by atoms with van der Waals surface area (Å²) in [5.41, 5.74) is 0. The summed E-state index contributed by atoms with van der Waals surface area (Å²) in [5, 5.41) is 6.67. The van der Waals surface area contributed by atoms with Crippen LogP contribution < -0.4 is 5.32 Å². The molecule has 0 amide bonds. The zero-order valence-electron chi connectivity index (χ0n) is 10.3. The smallest absolute Gasteiger partial charge is 0.121 e. The number of rotatable bonds is 6. The molecule has 0 radical (unpaired) electrons. The molecule has 4 heteroatoms. The van der Waals surface area contributed by atoms with Gasteiger partial charge in [-0.3, -0.25) is 0 Å². The van der Waals surface area contributed by atoms with Crippen molar-refractivity contribution in [2.45, 2.75) is 32.7 Å². The number of furan rings is 1. The second-order valence-corrected chi connectivity index (χ2v) is 5.06. The van der Waals surface area contributed by atoms with Crippen LogP contribution in [-0.2, 0) is 6.42 Å². The molecular formula is C13H18N2OS. The molecule has 2 aromatic heterocycles. The molecule has 17 heavy (non-hydrogen) atoms. The minimum atomic E-state index is 0.231. The highest BCUT2D eigenvalue weighted by molar-refractivity contribution is 7.09. The van der Waals surface area contributed by atoms with Crippen molar-refractivity contribution in [1.82, 2.24) is 10.3 Å². The van der Waals surface area contributed by atoms with Gasteiger partial charge in [-0.1, -0.05) is 6.92 Å². The summed E-state index contributed by atoms with van der Waals surface area (Å²) in [7, 11) is 0. The van der Waals surface area contributed by atoms with Crippen molar-refractivity contribution in [3.8, 4) is 0 Å². The average molecular weight is 250 g/mol. The van der Waals surface area contributed by atoms with Crippen LogP contribution in [0, 0.1) is 6.92 Å². The molecule has 0 saturated heterocycles. The molecule has 0 saturated carbocycles. The van der Waals surface area contributed by atoms with Gasteiger partial charge in [-0.05, 0) is 32.0 Å². The van der Waals surface area contributed by atoms with E-state index in [0.717, 1.165) is 35.9 Å². The Labute approximate surface area is 106 Å². The number of nitrogens with zero attached hydrogens (tertiary/aromatic N) is 1. The van der Waals surface area contributed by atoms with E-state index in [1.165, 1.54) is 0 Å². The highest BCUT2D eigenvalue weighted by Crippen LogP contribution is 2.21. The predicted octanol–water partition coefficient (Wildman–Crippen LogP) is 3.33. The topological polar surface area (TPSA) is 38.1 Å². The van der Waals surface area contributed by atoms with Crippen LogP contribution in [0.1, 0.15) is 35.9 Å². The summed E-state index contributed by atoms with van der Waals surface area (Å²) in [6.07, 6.45) is 3.86. The number of thiazole rings is 1. The molecule has 0 fully saturated rings. The second-order valence-electron chi connectivity index (χ2n) is 4.09. The van der Waals surface area contributed by atoms with E-state index in [0.29, 0.717) is 0 Å². The molecule has 0 spiro atoms. The molecule has 3 nitrogen and oxygen atoms in total. The molecule has 0 aliphatic heterocycles. The monoisotopic (exact) mass is 250 g/mol. The van der Waals surface area contributed by atoms with E-state index >= 15 is 0 Å². The first-order valence-corrected chi connectivity index (χ1v) is 6.85. The van der Waals surface area contributed by atoms with E-state index in [2.05, 4.69) is 23.3 Å². The molecule has 0 bridgehead atoms. The fourth-order valence-electron chi connectivity index (χ4n) is 1.76. The third-order valence-corrected chi connectivity index (χ3v) is 3.41. The molecule has 2 aromatic rings. The third-order valence-electron chi connectivity index (χ3n) is 2.61. The highest BCUT2D eigenvalue weighted by Gasteiger charge is 2.16. The van der Waals surface area contributed by atoms with Gasteiger partial charge in [-0.25, -0.2) is 4.98 Å². The maximum absolute atomic E-state index is 5.71. The first-order valence-electron chi connectivity index (χ1n) is 5.97. The Hall–Kier alpha value is -1.13. The van der Waals surface area contributed by atoms with E-state index in [1.54, 1.807) is 11.3 Å². The second kappa shape index (κ2) is 5.98. The lowest BCUT2D eigenvalue weighted by Gasteiger charge is -2.14. The predicted molar refractivity (Wildman–Crippen MR) is 70.3 cm³/mol. The number of nitrogens with one attached hydrogen (secondary N) is 1. The van der Waals surface area contributed by atoms with Crippen molar-refractivity contribution >= 4 is 11.3 Å². The van der Waals surface area contributed by atoms with Gasteiger partial charge in [0.1, 0.15) is 11.5 Å². The Balaban J connectivity index is 2.07. The van der Waals surface area contributed by atoms with Crippen molar-refractivity contribution in [3.05, 3.63) is 40.2 Å². The Bertz CT molecular complexity index is 436. The van der Waals surface area contributed by atoms with Crippen molar-refractivity contribution in [2.75, 3.05) is 6.54 Å². The zero-order chi connectivity index (χ0) is 12.1. The van der Waals surface area contributed by atoms with Gasteiger partial charge in [-0.15, -0.1) is 11.3 Å². The Kier molecular flexibility index (Phi) is 4.34. The van der Waals surface area contributed by atoms with Gasteiger partial charge in [0, 0.05) is 18.0 Å². The van der Waals surface area contributed by atoms with Crippen molar-refractivity contribution in [2.24, 2.45) is 0 Å². The summed E-state index contributed by atoms with van der Waals surface area (Å²) in [6.45, 7) is 5.14. The van der Waals surface area contributed by atoms with Gasteiger partial charge in [0.25, 0.3) is 0 Å². The molecule has 2 rings (SSSR count). The van der Waals surface area contributed by atoms with Crippen LogP contribution in [0.3, 0.4) is 0 Å². The van der Waals surface area contributed by atoms with Crippen LogP contribution in [0.15, 0.2) is 28.1 Å². The Morgan fingerprint density at radius 2 is 2.35 bits per heavy atom. The van der Waals surface area contributed by atoms with Gasteiger partial charge < -0.3 is 9.73 Å². The van der Waals surface area contributed by atoms with E-state index in [-0.39, 0.29) is 6.04 Å². The summed E-state index contributed by atoms with van der Waals surface area (Å²) in [6, 6.07) is 4.29. The normalized spacial score (nSPS) is 12.8. The SMILES string of the molecule is CCCNC(Cc1nccs1)c1ccc(C)o1. The number of hydrogen-bond acceptors (Lipinski definition) is 4. The lowest BCUT2D eigenvalue weighted by atomic mass is 10.1. The summed E-state index contributed by atoms with van der Waals surface area (Å²) >= 11 is 1.69. The summed E-state index contributed by atoms with van der Waals surface area (Å²) < 4.78 is 5.71. The number of hydrogen-bond donors (Lipinski definition) is 1. The molecule has 1 N–H and O–H groups in total. The van der Waals surface area contributed by atoms with Crippen LogP contribution in [0.2, 0.25) is 0 Å². The average Bonchev–Trinajstić information content (AvgIpc) is 2.95. The van der Waals surface area contributed by atoms with Crippen LogP contribution in [0.5, 0.6) is 0 Å². The highest BCUT2D eigenvalue weighted by atomic mass is 32.1. The van der Waals surface area contributed by atoms with Gasteiger partial charge in [0.15, 0.2) is 0 Å². The van der Waals surface area contributed by atoms with Crippen LogP contribution in [0.4, 0.5) is 0 Å². The van der Waals surface area contributed by atoms with Gasteiger partial charge in [-0.2, -0.15) is 0 Å². The molecule has 92 valence electrons. The molecule has 1 atom stereocenters. The van der Waals surface area contributed by atoms with Crippen LogP contribution in [0.25, 0.3) is 0 Å². The number of aryl methyl sites for hydroxylation is 1. The van der Waals surface area contributed by atoms with Crippen molar-refractivity contribution in [1.29, 1.82) is 0 Å². The Morgan fingerprint density at radius 1 is 1.47 bits per heavy atom. The quantitative estimate of drug-likeness (QED) is 0.854. The molecule has 2 heterocycles. The maximum atomic E-state index is 5.71. The molecular weight excluding hydrogens is 232 g/mol. The van der Waals surface area contributed by atoms with Gasteiger partial charge in [0.2, 0.25) is 0 Å². The number of aromatic nitrogens is 1. The zero-order valence-corrected chi connectivity index (χ0v) is 11.1. The van der Waals surface area contributed by atoms with E-state index in [9.17, 15) is 0 Å². The first kappa shape index (κ1) is 12.3. The van der Waals surface area contributed by atoms with E-state index in [4.69, 9.17) is 4.42 Å². The maximum Gasteiger partial charge on any atom is 0.121 e. The summed E-state index contributed by atoms with van der Waals surface area (Å²) in [4.78, 5) is 4.33. The fourth-order valence-corrected chi connectivity index (χ4v) is 2.42. The lowest BCUT2D eigenvalue weighted by Crippen LogP contribution is -2.23. The van der Waals surface area contributed by atoms with E-state index in [1.807, 2.05) is 24.6 Å². The third kappa shape index (κ3) is 3.41.